The third-order valence-corrected chi connectivity index (χ3v) is 4.44. The molecule has 1 fully saturated rings. The molecule has 3 heterocycles. The van der Waals surface area contributed by atoms with Crippen molar-refractivity contribution in [3.05, 3.63) is 29.5 Å². The van der Waals surface area contributed by atoms with Crippen molar-refractivity contribution < 1.29 is 23.8 Å². The van der Waals surface area contributed by atoms with Crippen molar-refractivity contribution in [2.75, 3.05) is 13.2 Å². The van der Waals surface area contributed by atoms with Crippen LogP contribution in [-0.2, 0) is 9.53 Å². The normalized spacial score (nSPS) is 20.9. The second-order valence-corrected chi connectivity index (χ2v) is 6.15. The Labute approximate surface area is 129 Å². The number of aromatic nitrogens is 1. The van der Waals surface area contributed by atoms with Gasteiger partial charge in [0.2, 0.25) is 0 Å². The maximum absolute atomic E-state index is 12.4. The maximum Gasteiger partial charge on any atom is 0.305 e. The van der Waals surface area contributed by atoms with Crippen LogP contribution in [0.2, 0.25) is 0 Å². The fraction of sp³-hybridized carbons (Fsp3) is 0.357. The molecule has 0 saturated carbocycles. The molecule has 22 heavy (non-hydrogen) atoms. The number of furan rings is 1. The van der Waals surface area contributed by atoms with Crippen LogP contribution in [0.5, 0.6) is 0 Å². The van der Waals surface area contributed by atoms with Crippen LogP contribution in [-0.4, -0.2) is 40.7 Å². The van der Waals surface area contributed by atoms with Gasteiger partial charge in [-0.1, -0.05) is 0 Å². The number of thiazole rings is 1. The minimum absolute atomic E-state index is 0.164. The highest BCUT2D eigenvalue weighted by atomic mass is 32.1. The van der Waals surface area contributed by atoms with E-state index >= 15 is 0 Å². The Morgan fingerprint density at radius 1 is 1.50 bits per heavy atom. The maximum atomic E-state index is 12.4. The number of amides is 1. The molecule has 1 aliphatic heterocycles. The minimum atomic E-state index is -0.966. The molecular formula is C14H14N2O5S. The number of nitrogens with zero attached hydrogens (tertiary/aromatic N) is 1. The van der Waals surface area contributed by atoms with Crippen LogP contribution in [0.3, 0.4) is 0 Å². The summed E-state index contributed by atoms with van der Waals surface area (Å²) in [6.45, 7) is 0.642. The van der Waals surface area contributed by atoms with Crippen LogP contribution in [0.1, 0.15) is 22.5 Å². The second-order valence-electron chi connectivity index (χ2n) is 5.11. The van der Waals surface area contributed by atoms with Gasteiger partial charge in [0.1, 0.15) is 4.88 Å². The number of rotatable bonds is 5. The lowest BCUT2D eigenvalue weighted by Gasteiger charge is -2.26. The quantitative estimate of drug-likeness (QED) is 0.870. The number of carbonyl (C=O) groups excluding carboxylic acids is 1. The van der Waals surface area contributed by atoms with Gasteiger partial charge in [0.05, 0.1) is 31.0 Å². The van der Waals surface area contributed by atoms with Crippen molar-refractivity contribution in [2.24, 2.45) is 0 Å². The van der Waals surface area contributed by atoms with Crippen molar-refractivity contribution in [3.8, 4) is 10.8 Å². The number of carboxylic acids is 1. The highest BCUT2D eigenvalue weighted by Crippen LogP contribution is 2.27. The summed E-state index contributed by atoms with van der Waals surface area (Å²) in [6, 6.07) is 3.51. The summed E-state index contributed by atoms with van der Waals surface area (Å²) in [5.74, 6) is -0.720. The molecule has 1 unspecified atom stereocenters. The number of hydrogen-bond donors (Lipinski definition) is 2. The third kappa shape index (κ3) is 3.02. The molecule has 116 valence electrons. The van der Waals surface area contributed by atoms with E-state index in [0.717, 1.165) is 0 Å². The molecule has 0 bridgehead atoms. The van der Waals surface area contributed by atoms with Gasteiger partial charge in [-0.15, -0.1) is 11.3 Å². The molecule has 7 nitrogen and oxygen atoms in total. The van der Waals surface area contributed by atoms with Crippen molar-refractivity contribution in [1.29, 1.82) is 0 Å². The number of nitrogens with one attached hydrogen (secondary N) is 1. The van der Waals surface area contributed by atoms with Crippen LogP contribution >= 0.6 is 11.3 Å². The zero-order valence-corrected chi connectivity index (χ0v) is 12.4. The Balaban J connectivity index is 1.75. The fourth-order valence-electron chi connectivity index (χ4n) is 2.37. The van der Waals surface area contributed by atoms with E-state index in [-0.39, 0.29) is 18.9 Å². The summed E-state index contributed by atoms with van der Waals surface area (Å²) in [4.78, 5) is 27.9. The molecule has 2 aromatic rings. The highest BCUT2D eigenvalue weighted by Gasteiger charge is 2.39. The van der Waals surface area contributed by atoms with Gasteiger partial charge in [0.25, 0.3) is 5.91 Å². The van der Waals surface area contributed by atoms with Crippen molar-refractivity contribution >= 4 is 23.2 Å². The molecule has 2 N–H and O–H groups in total. The first kappa shape index (κ1) is 14.7. The lowest BCUT2D eigenvalue weighted by Crippen LogP contribution is -2.50. The number of carbonyl (C=O) groups is 2. The fourth-order valence-corrected chi connectivity index (χ4v) is 3.15. The van der Waals surface area contributed by atoms with E-state index in [2.05, 4.69) is 10.3 Å². The van der Waals surface area contributed by atoms with E-state index < -0.39 is 11.5 Å². The van der Waals surface area contributed by atoms with Gasteiger partial charge in [0.15, 0.2) is 10.8 Å². The summed E-state index contributed by atoms with van der Waals surface area (Å²) in [5, 5.41) is 12.4. The molecule has 0 spiro atoms. The van der Waals surface area contributed by atoms with E-state index in [1.807, 2.05) is 0 Å². The number of aliphatic carboxylic acids is 1. The van der Waals surface area contributed by atoms with Crippen molar-refractivity contribution in [1.82, 2.24) is 10.3 Å². The van der Waals surface area contributed by atoms with Gasteiger partial charge in [-0.25, -0.2) is 4.98 Å². The molecular weight excluding hydrogens is 308 g/mol. The van der Waals surface area contributed by atoms with E-state index in [9.17, 15) is 9.59 Å². The van der Waals surface area contributed by atoms with Crippen LogP contribution < -0.4 is 5.32 Å². The SMILES string of the molecule is O=C(O)CC1(NC(=O)c2cnc(-c3ccco3)s2)CCOC1. The number of ether oxygens (including phenoxy) is 1. The van der Waals surface area contributed by atoms with Gasteiger partial charge in [-0.3, -0.25) is 9.59 Å². The van der Waals surface area contributed by atoms with E-state index in [0.29, 0.717) is 28.7 Å². The molecule has 1 atom stereocenters. The predicted molar refractivity (Wildman–Crippen MR) is 77.7 cm³/mol. The molecule has 0 radical (unpaired) electrons. The molecule has 3 rings (SSSR count). The van der Waals surface area contributed by atoms with E-state index in [4.69, 9.17) is 14.3 Å². The largest absolute Gasteiger partial charge is 0.481 e. The lowest BCUT2D eigenvalue weighted by atomic mass is 9.94. The molecule has 0 aromatic carbocycles. The van der Waals surface area contributed by atoms with Crippen LogP contribution in [0.4, 0.5) is 0 Å². The first-order valence-corrected chi connectivity index (χ1v) is 7.51. The van der Waals surface area contributed by atoms with Crippen molar-refractivity contribution in [3.63, 3.8) is 0 Å². The second kappa shape index (κ2) is 5.90. The Bertz CT molecular complexity index is 673. The number of hydrogen-bond acceptors (Lipinski definition) is 6. The Hall–Kier alpha value is -2.19. The average Bonchev–Trinajstić information content (AvgIpc) is 3.19. The summed E-state index contributed by atoms with van der Waals surface area (Å²) < 4.78 is 10.5. The number of carboxylic acid groups (broad SMARTS) is 1. The molecule has 1 aliphatic rings. The van der Waals surface area contributed by atoms with Gasteiger partial charge in [0, 0.05) is 6.61 Å². The third-order valence-electron chi connectivity index (χ3n) is 3.43. The average molecular weight is 322 g/mol. The minimum Gasteiger partial charge on any atom is -0.481 e. The first-order chi connectivity index (χ1) is 10.6. The monoisotopic (exact) mass is 322 g/mol. The summed E-state index contributed by atoms with van der Waals surface area (Å²) in [7, 11) is 0. The predicted octanol–water partition coefficient (Wildman–Crippen LogP) is 1.77. The zero-order valence-electron chi connectivity index (χ0n) is 11.6. The van der Waals surface area contributed by atoms with Crippen LogP contribution in [0.15, 0.2) is 29.0 Å². The lowest BCUT2D eigenvalue weighted by molar-refractivity contribution is -0.138. The molecule has 1 amide bonds. The van der Waals surface area contributed by atoms with Crippen LogP contribution in [0, 0.1) is 0 Å². The first-order valence-electron chi connectivity index (χ1n) is 6.70. The molecule has 8 heteroatoms. The van der Waals surface area contributed by atoms with E-state index in [1.165, 1.54) is 23.8 Å². The summed E-state index contributed by atoms with van der Waals surface area (Å²) in [6.07, 6.45) is 3.31. The summed E-state index contributed by atoms with van der Waals surface area (Å²) in [5.41, 5.74) is -0.849. The van der Waals surface area contributed by atoms with Gasteiger partial charge >= 0.3 is 5.97 Å². The smallest absolute Gasteiger partial charge is 0.305 e. The Morgan fingerprint density at radius 3 is 3.00 bits per heavy atom. The van der Waals surface area contributed by atoms with Gasteiger partial charge in [-0.2, -0.15) is 0 Å². The van der Waals surface area contributed by atoms with Crippen LogP contribution in [0.25, 0.3) is 10.8 Å². The summed E-state index contributed by atoms with van der Waals surface area (Å²) >= 11 is 1.19. The van der Waals surface area contributed by atoms with Gasteiger partial charge < -0.3 is 19.6 Å². The molecule has 1 saturated heterocycles. The van der Waals surface area contributed by atoms with Crippen molar-refractivity contribution in [2.45, 2.75) is 18.4 Å². The Kier molecular flexibility index (Phi) is 3.95. The standard InChI is InChI=1S/C14H14N2O5S/c17-11(18)6-14(3-5-20-8-14)16-12(19)10-7-15-13(22-10)9-2-1-4-21-9/h1-2,4,7H,3,5-6,8H2,(H,16,19)(H,17,18). The van der Waals surface area contributed by atoms with E-state index in [1.54, 1.807) is 12.1 Å². The van der Waals surface area contributed by atoms with Gasteiger partial charge in [-0.05, 0) is 18.6 Å². The molecule has 2 aromatic heterocycles. The highest BCUT2D eigenvalue weighted by molar-refractivity contribution is 7.16. The zero-order chi connectivity index (χ0) is 15.6. The topological polar surface area (TPSA) is 102 Å². The Morgan fingerprint density at radius 2 is 2.36 bits per heavy atom. The molecule has 0 aliphatic carbocycles.